The third-order valence-electron chi connectivity index (χ3n) is 15.3. The number of aliphatic hydroxyl groups is 7. The third-order valence-corrected chi connectivity index (χ3v) is 15.3. The van der Waals surface area contributed by atoms with E-state index in [1.807, 2.05) is 5.32 Å². The van der Waals surface area contributed by atoms with Gasteiger partial charge >= 0.3 is 6.03 Å². The van der Waals surface area contributed by atoms with Crippen LogP contribution in [-0.4, -0.2) is 191 Å². The molecule has 0 spiro atoms. The molecule has 3 heterocycles. The first kappa shape index (κ1) is 65.5. The topological polar surface area (TPSA) is 386 Å². The van der Waals surface area contributed by atoms with Crippen LogP contribution in [0.2, 0.25) is 0 Å². The Hall–Kier alpha value is -6.32. The number of phenolic OH excluding ortho intramolecular Hbond substituents is 1. The van der Waals surface area contributed by atoms with E-state index in [4.69, 9.17) is 4.74 Å². The van der Waals surface area contributed by atoms with Crippen LogP contribution in [0.25, 0.3) is 0 Å². The van der Waals surface area contributed by atoms with Crippen LogP contribution in [0.4, 0.5) is 4.79 Å². The van der Waals surface area contributed by atoms with Crippen LogP contribution in [0.5, 0.6) is 5.75 Å². The van der Waals surface area contributed by atoms with E-state index in [9.17, 15) is 79.2 Å². The number of phenols is 1. The molecular weight excluding hydrogens is 1060 g/mol. The van der Waals surface area contributed by atoms with Crippen LogP contribution in [0, 0.1) is 11.8 Å². The second kappa shape index (κ2) is 31.8. The van der Waals surface area contributed by atoms with Crippen molar-refractivity contribution in [2.75, 3.05) is 19.7 Å². The quantitative estimate of drug-likeness (QED) is 0.0691. The largest absolute Gasteiger partial charge is 0.508 e. The van der Waals surface area contributed by atoms with Crippen molar-refractivity contribution in [3.8, 4) is 5.75 Å². The zero-order chi connectivity index (χ0) is 59.5. The van der Waals surface area contributed by atoms with Gasteiger partial charge < -0.3 is 82.0 Å². The smallest absolute Gasteiger partial charge is 0.322 e. The zero-order valence-electron chi connectivity index (χ0n) is 46.5. The van der Waals surface area contributed by atoms with Crippen LogP contribution < -0.4 is 31.9 Å². The molecule has 3 aliphatic heterocycles. The van der Waals surface area contributed by atoms with Crippen LogP contribution in [-0.2, 0) is 44.9 Å². The highest BCUT2D eigenvalue weighted by molar-refractivity contribution is 6.02. The van der Waals surface area contributed by atoms with E-state index in [2.05, 4.69) is 40.4 Å². The predicted molar refractivity (Wildman–Crippen MR) is 290 cm³/mol. The molecule has 15 atom stereocenters. The van der Waals surface area contributed by atoms with Crippen LogP contribution in [0.1, 0.15) is 128 Å². The highest BCUT2D eigenvalue weighted by Crippen LogP contribution is 2.27. The Kier molecular flexibility index (Phi) is 25.7. The molecule has 14 N–H and O–H groups in total. The minimum Gasteiger partial charge on any atom is -0.508 e. The molecule has 2 aromatic carbocycles. The summed E-state index contributed by atoms with van der Waals surface area (Å²) < 4.78 is 6.07. The summed E-state index contributed by atoms with van der Waals surface area (Å²) in [6.07, 6.45) is -4.21. The highest BCUT2D eigenvalue weighted by Gasteiger charge is 2.49. The Labute approximate surface area is 471 Å². The van der Waals surface area contributed by atoms with Gasteiger partial charge in [-0.15, -0.1) is 0 Å². The summed E-state index contributed by atoms with van der Waals surface area (Å²) in [6.45, 7) is 4.72. The minimum absolute atomic E-state index is 0.0517. The summed E-state index contributed by atoms with van der Waals surface area (Å²) in [7, 11) is 0. The van der Waals surface area contributed by atoms with Crippen molar-refractivity contribution in [2.45, 2.75) is 197 Å². The van der Waals surface area contributed by atoms with Gasteiger partial charge in [-0.25, -0.2) is 4.79 Å². The number of rotatable bonds is 21. The number of carbonyl (C=O) groups excluding carboxylic acids is 8. The standard InChI is InChI=1S/C56H84N8O17/c1-5-31(2)17-13-10-8-6-7-9-11-16-20-42(70)57-38-26-41(69)53(81-30-34-18-14-12-15-19-34)61-52(77)45-46(71)32(3)27-64(45)54(78)39(29-65)58-51(76)44(48(73)47(72)35-21-23-36(67)24-22-35)60-56(80)62-50(75)40-25-37(68)28-63(40)55(79)43(33(4)66)59-49(38)74/h12,14-15,18-19,21-24,31-33,37-41,43-48,53,65-69,71-73H,5-11,13,16-17,20,25-30H2,1-4H3,(H,57,70)(H,58,76)(H,59,74)(H,61,77)(H2,60,62,75,80)/t31?,32-,33+,37+,38-,39?,40-,41+,43-,44?,45?,46-,47?,48-,53+/m0/s1. The van der Waals surface area contributed by atoms with Crippen molar-refractivity contribution in [1.82, 2.24) is 41.7 Å². The Bertz CT molecular complexity index is 2400. The molecule has 25 heteroatoms. The van der Waals surface area contributed by atoms with E-state index < -0.39 is 158 Å². The van der Waals surface area contributed by atoms with Crippen molar-refractivity contribution >= 4 is 47.4 Å². The van der Waals surface area contributed by atoms with Gasteiger partial charge in [0.15, 0.2) is 6.23 Å². The van der Waals surface area contributed by atoms with Crippen molar-refractivity contribution in [1.29, 1.82) is 0 Å². The minimum atomic E-state index is -2.31. The molecular formula is C56H84N8O17. The summed E-state index contributed by atoms with van der Waals surface area (Å²) in [4.78, 5) is 115. The van der Waals surface area contributed by atoms with Gasteiger partial charge in [0.2, 0.25) is 35.4 Å². The maximum atomic E-state index is 14.5. The summed E-state index contributed by atoms with van der Waals surface area (Å²) in [6, 6.07) is 0.246. The fourth-order valence-electron chi connectivity index (χ4n) is 10.2. The number of nitrogens with zero attached hydrogens (tertiary/aromatic N) is 2. The molecule has 2 aromatic rings. The lowest BCUT2D eigenvalue weighted by Crippen LogP contribution is -2.63. The molecule has 3 aliphatic rings. The molecule has 0 saturated carbocycles. The number of benzene rings is 2. The lowest BCUT2D eigenvalue weighted by atomic mass is 9.97. The maximum Gasteiger partial charge on any atom is 0.322 e. The average molecular weight is 1140 g/mol. The van der Waals surface area contributed by atoms with Gasteiger partial charge in [0.05, 0.1) is 31.5 Å². The number of urea groups is 1. The number of aliphatic hydroxyl groups excluding tert-OH is 7. The monoisotopic (exact) mass is 1140 g/mol. The van der Waals surface area contributed by atoms with Crippen molar-refractivity contribution in [2.24, 2.45) is 11.8 Å². The molecule has 3 saturated heterocycles. The van der Waals surface area contributed by atoms with Crippen LogP contribution in [0.3, 0.4) is 0 Å². The summed E-state index contributed by atoms with van der Waals surface area (Å²) >= 11 is 0. The number of ether oxygens (including phenoxy) is 1. The lowest BCUT2D eigenvalue weighted by molar-refractivity contribution is -0.149. The number of nitrogens with one attached hydrogen (secondary N) is 6. The molecule has 9 amide bonds. The lowest BCUT2D eigenvalue weighted by Gasteiger charge is -2.33. The van der Waals surface area contributed by atoms with E-state index in [-0.39, 0.29) is 30.9 Å². The Morgan fingerprint density at radius 2 is 1.37 bits per heavy atom. The van der Waals surface area contributed by atoms with Gasteiger partial charge in [-0.3, -0.25) is 38.9 Å². The maximum absolute atomic E-state index is 14.5. The molecule has 0 aliphatic carbocycles. The van der Waals surface area contributed by atoms with E-state index >= 15 is 0 Å². The molecule has 0 radical (unpaired) electrons. The van der Waals surface area contributed by atoms with Crippen molar-refractivity contribution in [3.63, 3.8) is 0 Å². The predicted octanol–water partition coefficient (Wildman–Crippen LogP) is -0.651. The second-order valence-corrected chi connectivity index (χ2v) is 21.8. The molecule has 5 unspecified atom stereocenters. The molecule has 0 aromatic heterocycles. The van der Waals surface area contributed by atoms with E-state index in [1.165, 1.54) is 31.9 Å². The van der Waals surface area contributed by atoms with E-state index in [0.29, 0.717) is 24.3 Å². The van der Waals surface area contributed by atoms with Crippen LogP contribution >= 0.6 is 0 Å². The van der Waals surface area contributed by atoms with Gasteiger partial charge in [-0.05, 0) is 42.5 Å². The van der Waals surface area contributed by atoms with Gasteiger partial charge in [0, 0.05) is 38.3 Å². The normalized spacial score (nSPS) is 28.1. The third kappa shape index (κ3) is 18.9. The fourth-order valence-corrected chi connectivity index (χ4v) is 10.2. The van der Waals surface area contributed by atoms with Gasteiger partial charge in [0.25, 0.3) is 5.91 Å². The van der Waals surface area contributed by atoms with Crippen LogP contribution in [0.15, 0.2) is 54.6 Å². The number of amides is 9. The average Bonchev–Trinajstić information content (AvgIpc) is 4.13. The van der Waals surface area contributed by atoms with Gasteiger partial charge in [-0.2, -0.15) is 0 Å². The number of carbonyl (C=O) groups is 8. The second-order valence-electron chi connectivity index (χ2n) is 21.8. The SMILES string of the molecule is CCC(C)CCCCCCCCCCC(=O)N[C@H]1C[C@@H](O)[C@@H](OCc2ccccc2)NC(=O)C2[C@@H](O)[C@@H](C)CN2C(=O)C(CO)NC(=O)C([C@H](O)C(O)c2ccc(O)cc2)NC(=O)NC(=O)[C@@H]2C[C@@H](O)CN2C(=O)[C@H]([C@@H](C)O)NC1=O. The van der Waals surface area contributed by atoms with Crippen molar-refractivity contribution < 1.29 is 83.9 Å². The molecule has 25 nitrogen and oxygen atoms in total. The number of aromatic hydroxyl groups is 1. The summed E-state index contributed by atoms with van der Waals surface area (Å²) in [5.74, 6) is -8.22. The Balaban J connectivity index is 1.50. The number of fused-ring (bicyclic) bond motifs is 2. The number of hydrogen-bond acceptors (Lipinski definition) is 17. The Morgan fingerprint density at radius 3 is 2.00 bits per heavy atom. The van der Waals surface area contributed by atoms with E-state index in [0.717, 1.165) is 67.4 Å². The molecule has 0 bridgehead atoms. The highest BCUT2D eigenvalue weighted by atomic mass is 16.5. The van der Waals surface area contributed by atoms with Gasteiger partial charge in [0.1, 0.15) is 60.3 Å². The molecule has 5 rings (SSSR count). The summed E-state index contributed by atoms with van der Waals surface area (Å²) in [5.41, 5.74) is 0.467. The fraction of sp³-hybridized carbons (Fsp3) is 0.643. The first-order valence-corrected chi connectivity index (χ1v) is 28.1. The van der Waals surface area contributed by atoms with Crippen molar-refractivity contribution in [3.05, 3.63) is 65.7 Å². The molecule has 450 valence electrons. The first-order chi connectivity index (χ1) is 38.5. The first-order valence-electron chi connectivity index (χ1n) is 28.1. The molecule has 3 fully saturated rings. The van der Waals surface area contributed by atoms with E-state index in [1.54, 1.807) is 30.3 Å². The Morgan fingerprint density at radius 1 is 0.728 bits per heavy atom. The summed E-state index contributed by atoms with van der Waals surface area (Å²) in [5, 5.41) is 102. The number of imide groups is 1. The molecule has 81 heavy (non-hydrogen) atoms. The number of unbranched alkanes of at least 4 members (excludes halogenated alkanes) is 7. The number of hydrogen-bond donors (Lipinski definition) is 14. The van der Waals surface area contributed by atoms with Gasteiger partial charge in [-0.1, -0.05) is 121 Å². The zero-order valence-corrected chi connectivity index (χ0v) is 46.5.